The fourth-order valence-electron chi connectivity index (χ4n) is 2.55. The van der Waals surface area contributed by atoms with Crippen LogP contribution in [0.4, 0.5) is 0 Å². The fourth-order valence-corrected chi connectivity index (χ4v) is 3.80. The van der Waals surface area contributed by atoms with Crippen LogP contribution in [0.2, 0.25) is 0 Å². The molecule has 2 aromatic heterocycles. The number of benzene rings is 1. The normalized spacial score (nSPS) is 13.0. The van der Waals surface area contributed by atoms with E-state index in [1.807, 2.05) is 29.8 Å². The first-order chi connectivity index (χ1) is 9.92. The number of hydrogen-bond acceptors (Lipinski definition) is 3. The highest BCUT2D eigenvalue weighted by Gasteiger charge is 2.18. The van der Waals surface area contributed by atoms with E-state index in [0.717, 1.165) is 18.8 Å². The van der Waals surface area contributed by atoms with Crippen LogP contribution >= 0.6 is 11.3 Å². The third-order valence-corrected chi connectivity index (χ3v) is 4.79. The van der Waals surface area contributed by atoms with Crippen LogP contribution in [-0.4, -0.2) is 11.6 Å². The molecule has 20 heavy (non-hydrogen) atoms. The van der Waals surface area contributed by atoms with Crippen LogP contribution in [0, 0.1) is 0 Å². The second-order valence-electron chi connectivity index (χ2n) is 4.80. The smallest absolute Gasteiger partial charge is 0.127 e. The van der Waals surface area contributed by atoms with Gasteiger partial charge in [-0.05, 0) is 41.5 Å². The van der Waals surface area contributed by atoms with Gasteiger partial charge in [0.25, 0.3) is 0 Å². The summed E-state index contributed by atoms with van der Waals surface area (Å²) in [5.41, 5.74) is 3.83. The summed E-state index contributed by atoms with van der Waals surface area (Å²) < 4.78 is 5.83. The summed E-state index contributed by atoms with van der Waals surface area (Å²) in [6.07, 6.45) is 4.65. The lowest BCUT2D eigenvalue weighted by Gasteiger charge is -2.05. The number of hydrogen-bond donors (Lipinski definition) is 0. The quantitative estimate of drug-likeness (QED) is 0.658. The van der Waals surface area contributed by atoms with E-state index in [2.05, 4.69) is 41.4 Å². The summed E-state index contributed by atoms with van der Waals surface area (Å²) in [6, 6.07) is 14.7. The van der Waals surface area contributed by atoms with Gasteiger partial charge in [0, 0.05) is 34.1 Å². The Morgan fingerprint density at radius 2 is 1.90 bits per heavy atom. The largest absolute Gasteiger partial charge is 0.493 e. The molecule has 0 bridgehead atoms. The maximum absolute atomic E-state index is 5.83. The van der Waals surface area contributed by atoms with Gasteiger partial charge in [0.15, 0.2) is 0 Å². The Morgan fingerprint density at radius 3 is 2.80 bits per heavy atom. The van der Waals surface area contributed by atoms with E-state index in [1.54, 1.807) is 0 Å². The molecule has 1 aliphatic rings. The molecule has 0 saturated heterocycles. The van der Waals surface area contributed by atoms with Gasteiger partial charge in [-0.1, -0.05) is 12.1 Å². The summed E-state index contributed by atoms with van der Waals surface area (Å²) >= 11 is 1.84. The Bertz CT molecular complexity index is 749. The van der Waals surface area contributed by atoms with Crippen molar-refractivity contribution in [3.63, 3.8) is 0 Å². The predicted molar refractivity (Wildman–Crippen MR) is 82.2 cm³/mol. The lowest BCUT2D eigenvalue weighted by molar-refractivity contribution is 0.326. The SMILES string of the molecule is c1ccc2c(c1)OCCc1cc(-c3ccncc3)sc1-2. The first kappa shape index (κ1) is 11.7. The summed E-state index contributed by atoms with van der Waals surface area (Å²) in [5.74, 6) is 0.995. The summed E-state index contributed by atoms with van der Waals surface area (Å²) in [5, 5.41) is 0. The first-order valence-corrected chi connectivity index (χ1v) is 7.49. The molecule has 98 valence electrons. The molecule has 0 N–H and O–H groups in total. The van der Waals surface area contributed by atoms with Gasteiger partial charge in [0.05, 0.1) is 6.61 Å². The number of thiophene rings is 1. The number of aromatic nitrogens is 1. The molecular formula is C17H13NOS. The molecule has 0 saturated carbocycles. The van der Waals surface area contributed by atoms with Gasteiger partial charge in [0.2, 0.25) is 0 Å². The highest BCUT2D eigenvalue weighted by atomic mass is 32.1. The van der Waals surface area contributed by atoms with Crippen LogP contribution in [0.1, 0.15) is 5.56 Å². The molecule has 0 spiro atoms. The molecule has 0 atom stereocenters. The van der Waals surface area contributed by atoms with Crippen LogP contribution in [0.3, 0.4) is 0 Å². The Balaban J connectivity index is 1.88. The summed E-state index contributed by atoms with van der Waals surface area (Å²) in [7, 11) is 0. The topological polar surface area (TPSA) is 22.1 Å². The minimum atomic E-state index is 0.747. The predicted octanol–water partition coefficient (Wildman–Crippen LogP) is 4.41. The molecule has 1 aliphatic heterocycles. The number of para-hydroxylation sites is 1. The van der Waals surface area contributed by atoms with Gasteiger partial charge >= 0.3 is 0 Å². The molecule has 0 radical (unpaired) electrons. The Labute approximate surface area is 121 Å². The van der Waals surface area contributed by atoms with Crippen molar-refractivity contribution in [1.29, 1.82) is 0 Å². The van der Waals surface area contributed by atoms with E-state index in [9.17, 15) is 0 Å². The van der Waals surface area contributed by atoms with Crippen LogP contribution < -0.4 is 4.74 Å². The number of nitrogens with zero attached hydrogens (tertiary/aromatic N) is 1. The molecular weight excluding hydrogens is 266 g/mol. The second kappa shape index (κ2) is 4.76. The van der Waals surface area contributed by atoms with Crippen molar-refractivity contribution < 1.29 is 4.74 Å². The van der Waals surface area contributed by atoms with E-state index in [1.165, 1.54) is 26.4 Å². The van der Waals surface area contributed by atoms with E-state index >= 15 is 0 Å². The molecule has 2 nitrogen and oxygen atoms in total. The highest BCUT2D eigenvalue weighted by molar-refractivity contribution is 7.19. The molecule has 3 heteroatoms. The maximum atomic E-state index is 5.83. The lowest BCUT2D eigenvalue weighted by atomic mass is 10.1. The zero-order chi connectivity index (χ0) is 13.4. The number of rotatable bonds is 1. The number of pyridine rings is 1. The zero-order valence-electron chi connectivity index (χ0n) is 10.9. The van der Waals surface area contributed by atoms with Crippen molar-refractivity contribution in [3.8, 4) is 26.6 Å². The molecule has 0 fully saturated rings. The average molecular weight is 279 g/mol. The Kier molecular flexibility index (Phi) is 2.78. The van der Waals surface area contributed by atoms with E-state index < -0.39 is 0 Å². The molecule has 0 unspecified atom stereocenters. The van der Waals surface area contributed by atoms with Crippen molar-refractivity contribution in [3.05, 3.63) is 60.4 Å². The number of ether oxygens (including phenoxy) is 1. The molecule has 0 aliphatic carbocycles. The van der Waals surface area contributed by atoms with Crippen molar-refractivity contribution >= 4 is 11.3 Å². The van der Waals surface area contributed by atoms with Crippen LogP contribution in [0.25, 0.3) is 20.9 Å². The van der Waals surface area contributed by atoms with Crippen molar-refractivity contribution in [2.45, 2.75) is 6.42 Å². The van der Waals surface area contributed by atoms with E-state index in [0.29, 0.717) is 0 Å². The van der Waals surface area contributed by atoms with Crippen molar-refractivity contribution in [2.24, 2.45) is 0 Å². The molecule has 3 heterocycles. The molecule has 1 aromatic carbocycles. The van der Waals surface area contributed by atoms with Gasteiger partial charge in [-0.3, -0.25) is 4.98 Å². The zero-order valence-corrected chi connectivity index (χ0v) is 11.7. The van der Waals surface area contributed by atoms with Gasteiger partial charge in [-0.2, -0.15) is 0 Å². The van der Waals surface area contributed by atoms with Crippen molar-refractivity contribution in [2.75, 3.05) is 6.61 Å². The standard InChI is InChI=1S/C17H13NOS/c1-2-4-15-14(3-1)17-13(7-10-19-15)11-16(20-17)12-5-8-18-9-6-12/h1-6,8-9,11H,7,10H2. The third-order valence-electron chi connectivity index (χ3n) is 3.53. The van der Waals surface area contributed by atoms with Gasteiger partial charge in [0.1, 0.15) is 5.75 Å². The minimum Gasteiger partial charge on any atom is -0.493 e. The Hall–Kier alpha value is -2.13. The van der Waals surface area contributed by atoms with Gasteiger partial charge < -0.3 is 4.74 Å². The van der Waals surface area contributed by atoms with Gasteiger partial charge in [-0.25, -0.2) is 0 Å². The van der Waals surface area contributed by atoms with Crippen molar-refractivity contribution in [1.82, 2.24) is 4.98 Å². The summed E-state index contributed by atoms with van der Waals surface area (Å²) in [4.78, 5) is 6.73. The lowest BCUT2D eigenvalue weighted by Crippen LogP contribution is -1.97. The second-order valence-corrected chi connectivity index (χ2v) is 5.85. The molecule has 3 aromatic rings. The maximum Gasteiger partial charge on any atom is 0.127 e. The third kappa shape index (κ3) is 1.91. The molecule has 4 rings (SSSR count). The highest BCUT2D eigenvalue weighted by Crippen LogP contribution is 2.43. The van der Waals surface area contributed by atoms with E-state index in [4.69, 9.17) is 4.74 Å². The molecule has 0 amide bonds. The number of fused-ring (bicyclic) bond motifs is 3. The fraction of sp³-hybridized carbons (Fsp3) is 0.118. The first-order valence-electron chi connectivity index (χ1n) is 6.67. The minimum absolute atomic E-state index is 0.747. The van der Waals surface area contributed by atoms with Crippen LogP contribution in [-0.2, 0) is 6.42 Å². The van der Waals surface area contributed by atoms with E-state index in [-0.39, 0.29) is 0 Å². The summed E-state index contributed by atoms with van der Waals surface area (Å²) in [6.45, 7) is 0.747. The van der Waals surface area contributed by atoms with Crippen LogP contribution in [0.5, 0.6) is 5.75 Å². The average Bonchev–Trinajstić information content (AvgIpc) is 2.85. The van der Waals surface area contributed by atoms with Crippen LogP contribution in [0.15, 0.2) is 54.9 Å². The van der Waals surface area contributed by atoms with Gasteiger partial charge in [-0.15, -0.1) is 11.3 Å². The Morgan fingerprint density at radius 1 is 1.05 bits per heavy atom. The monoisotopic (exact) mass is 279 g/mol.